The fourth-order valence-electron chi connectivity index (χ4n) is 2.26. The first-order chi connectivity index (χ1) is 11.9. The molecule has 0 saturated carbocycles. The number of hydrogen-bond donors (Lipinski definition) is 2. The molecule has 0 unspecified atom stereocenters. The Morgan fingerprint density at radius 3 is 2.60 bits per heavy atom. The summed E-state index contributed by atoms with van der Waals surface area (Å²) in [6, 6.07) is 12.2. The minimum Gasteiger partial charge on any atom is -0.496 e. The predicted molar refractivity (Wildman–Crippen MR) is 89.4 cm³/mol. The number of para-hydroxylation sites is 1. The Bertz CT molecular complexity index is 717. The first-order valence-electron chi connectivity index (χ1n) is 7.70. The van der Waals surface area contributed by atoms with Gasteiger partial charge in [0.2, 0.25) is 5.91 Å². The van der Waals surface area contributed by atoms with Gasteiger partial charge >= 0.3 is 6.18 Å². The van der Waals surface area contributed by atoms with Crippen LogP contribution in [0.4, 0.5) is 18.9 Å². The maximum Gasteiger partial charge on any atom is 0.416 e. The number of benzene rings is 2. The van der Waals surface area contributed by atoms with E-state index in [1.54, 1.807) is 13.2 Å². The molecule has 2 N–H and O–H groups in total. The third kappa shape index (κ3) is 5.70. The van der Waals surface area contributed by atoms with E-state index in [1.165, 1.54) is 12.1 Å². The second-order valence-corrected chi connectivity index (χ2v) is 5.34. The Morgan fingerprint density at radius 2 is 1.88 bits per heavy atom. The third-order valence-electron chi connectivity index (χ3n) is 3.54. The van der Waals surface area contributed by atoms with Crippen molar-refractivity contribution >= 4 is 11.6 Å². The van der Waals surface area contributed by atoms with Gasteiger partial charge in [-0.3, -0.25) is 4.79 Å². The Hall–Kier alpha value is -2.70. The molecule has 0 bridgehead atoms. The van der Waals surface area contributed by atoms with Gasteiger partial charge in [-0.15, -0.1) is 0 Å². The summed E-state index contributed by atoms with van der Waals surface area (Å²) < 4.78 is 43.1. The van der Waals surface area contributed by atoms with Crippen LogP contribution in [0.2, 0.25) is 0 Å². The highest BCUT2D eigenvalue weighted by Crippen LogP contribution is 2.30. The highest BCUT2D eigenvalue weighted by atomic mass is 19.4. The second-order valence-electron chi connectivity index (χ2n) is 5.34. The van der Waals surface area contributed by atoms with Crippen molar-refractivity contribution in [2.45, 2.75) is 19.1 Å². The number of ether oxygens (including phenoxy) is 1. The van der Waals surface area contributed by atoms with Gasteiger partial charge in [0.1, 0.15) is 5.75 Å². The molecule has 0 aliphatic carbocycles. The monoisotopic (exact) mass is 352 g/mol. The molecular formula is C18H19F3N2O2. The van der Waals surface area contributed by atoms with Gasteiger partial charge in [0.05, 0.1) is 12.7 Å². The molecule has 0 fully saturated rings. The summed E-state index contributed by atoms with van der Waals surface area (Å²) in [7, 11) is 1.56. The van der Waals surface area contributed by atoms with Crippen LogP contribution < -0.4 is 15.4 Å². The van der Waals surface area contributed by atoms with Crippen molar-refractivity contribution in [3.8, 4) is 5.75 Å². The molecule has 0 atom stereocenters. The lowest BCUT2D eigenvalue weighted by Crippen LogP contribution is -2.25. The molecule has 0 saturated heterocycles. The van der Waals surface area contributed by atoms with Crippen LogP contribution in [0, 0.1) is 0 Å². The van der Waals surface area contributed by atoms with Crippen molar-refractivity contribution in [3.63, 3.8) is 0 Å². The summed E-state index contributed by atoms with van der Waals surface area (Å²) in [6.07, 6.45) is -4.24. The van der Waals surface area contributed by atoms with Crippen LogP contribution in [0.5, 0.6) is 5.75 Å². The summed E-state index contributed by atoms with van der Waals surface area (Å²) in [5, 5.41) is 5.58. The lowest BCUT2D eigenvalue weighted by molar-refractivity contribution is -0.137. The fourth-order valence-corrected chi connectivity index (χ4v) is 2.26. The number of rotatable bonds is 7. The number of halogens is 3. The van der Waals surface area contributed by atoms with Crippen molar-refractivity contribution in [1.82, 2.24) is 5.32 Å². The fraction of sp³-hybridized carbons (Fsp3) is 0.278. The molecule has 0 spiro atoms. The van der Waals surface area contributed by atoms with Crippen LogP contribution in [0.1, 0.15) is 17.5 Å². The molecule has 0 aliphatic heterocycles. The Balaban J connectivity index is 1.79. The first-order valence-corrected chi connectivity index (χ1v) is 7.70. The molecule has 2 rings (SSSR count). The Morgan fingerprint density at radius 1 is 1.12 bits per heavy atom. The predicted octanol–water partition coefficient (Wildman–Crippen LogP) is 3.83. The molecule has 2 aromatic rings. The number of anilines is 1. The van der Waals surface area contributed by atoms with Crippen LogP contribution in [0.15, 0.2) is 48.5 Å². The molecule has 134 valence electrons. The Kier molecular flexibility index (Phi) is 6.27. The van der Waals surface area contributed by atoms with Gasteiger partial charge in [-0.25, -0.2) is 0 Å². The van der Waals surface area contributed by atoms with Crippen LogP contribution in [0.25, 0.3) is 0 Å². The molecule has 2 aromatic carbocycles. The standard InChI is InChI=1S/C18H19F3N2O2/c1-25-16-8-3-2-5-13(16)12-23-17(24)9-10-22-15-7-4-6-14(11-15)18(19,20)21/h2-8,11,22H,9-10,12H2,1H3,(H,23,24). The maximum absolute atomic E-state index is 12.6. The summed E-state index contributed by atoms with van der Waals surface area (Å²) in [5.74, 6) is 0.482. The van der Waals surface area contributed by atoms with E-state index in [9.17, 15) is 18.0 Å². The largest absolute Gasteiger partial charge is 0.496 e. The minimum atomic E-state index is -4.39. The Labute approximate surface area is 144 Å². The molecule has 25 heavy (non-hydrogen) atoms. The van der Waals surface area contributed by atoms with Crippen molar-refractivity contribution in [1.29, 1.82) is 0 Å². The van der Waals surface area contributed by atoms with Crippen LogP contribution in [-0.2, 0) is 17.5 Å². The molecule has 7 heteroatoms. The van der Waals surface area contributed by atoms with E-state index in [0.717, 1.165) is 17.7 Å². The lowest BCUT2D eigenvalue weighted by atomic mass is 10.2. The van der Waals surface area contributed by atoms with E-state index in [4.69, 9.17) is 4.74 Å². The van der Waals surface area contributed by atoms with E-state index in [2.05, 4.69) is 10.6 Å². The topological polar surface area (TPSA) is 50.4 Å². The third-order valence-corrected chi connectivity index (χ3v) is 3.54. The van der Waals surface area contributed by atoms with Gasteiger partial charge in [0, 0.05) is 30.8 Å². The number of alkyl halides is 3. The molecule has 4 nitrogen and oxygen atoms in total. The van der Waals surface area contributed by atoms with E-state index in [0.29, 0.717) is 18.0 Å². The van der Waals surface area contributed by atoms with Gasteiger partial charge < -0.3 is 15.4 Å². The highest BCUT2D eigenvalue weighted by Gasteiger charge is 2.30. The van der Waals surface area contributed by atoms with Gasteiger partial charge in [0.15, 0.2) is 0 Å². The molecule has 0 radical (unpaired) electrons. The summed E-state index contributed by atoms with van der Waals surface area (Å²) in [4.78, 5) is 11.9. The van der Waals surface area contributed by atoms with Gasteiger partial charge in [0.25, 0.3) is 0 Å². The van der Waals surface area contributed by atoms with E-state index < -0.39 is 11.7 Å². The number of carbonyl (C=O) groups excluding carboxylic acids is 1. The molecule has 0 heterocycles. The van der Waals surface area contributed by atoms with Crippen molar-refractivity contribution in [2.75, 3.05) is 19.0 Å². The normalized spacial score (nSPS) is 11.0. The molecule has 0 aromatic heterocycles. The van der Waals surface area contributed by atoms with Gasteiger partial charge in [-0.1, -0.05) is 24.3 Å². The summed E-state index contributed by atoms with van der Waals surface area (Å²) >= 11 is 0. The second kappa shape index (κ2) is 8.41. The number of hydrogen-bond acceptors (Lipinski definition) is 3. The van der Waals surface area contributed by atoms with Crippen LogP contribution in [-0.4, -0.2) is 19.6 Å². The summed E-state index contributed by atoms with van der Waals surface area (Å²) in [6.45, 7) is 0.561. The number of nitrogens with one attached hydrogen (secondary N) is 2. The van der Waals surface area contributed by atoms with Crippen LogP contribution in [0.3, 0.4) is 0 Å². The maximum atomic E-state index is 12.6. The lowest BCUT2D eigenvalue weighted by Gasteiger charge is -2.11. The average Bonchev–Trinajstić information content (AvgIpc) is 2.59. The molecule has 1 amide bonds. The van der Waals surface area contributed by atoms with Gasteiger partial charge in [-0.2, -0.15) is 13.2 Å². The zero-order chi connectivity index (χ0) is 18.3. The zero-order valence-electron chi connectivity index (χ0n) is 13.7. The molecular weight excluding hydrogens is 333 g/mol. The first kappa shape index (κ1) is 18.6. The van der Waals surface area contributed by atoms with Gasteiger partial charge in [-0.05, 0) is 24.3 Å². The van der Waals surface area contributed by atoms with E-state index in [-0.39, 0.29) is 18.9 Å². The van der Waals surface area contributed by atoms with E-state index >= 15 is 0 Å². The van der Waals surface area contributed by atoms with Crippen molar-refractivity contribution in [3.05, 3.63) is 59.7 Å². The van der Waals surface area contributed by atoms with E-state index in [1.807, 2.05) is 18.2 Å². The number of carbonyl (C=O) groups is 1. The summed E-state index contributed by atoms with van der Waals surface area (Å²) in [5.41, 5.74) is 0.453. The zero-order valence-corrected chi connectivity index (χ0v) is 13.7. The molecule has 0 aliphatic rings. The highest BCUT2D eigenvalue weighted by molar-refractivity contribution is 5.76. The smallest absolute Gasteiger partial charge is 0.416 e. The van der Waals surface area contributed by atoms with Crippen molar-refractivity contribution in [2.24, 2.45) is 0 Å². The number of methoxy groups -OCH3 is 1. The van der Waals surface area contributed by atoms with Crippen LogP contribution >= 0.6 is 0 Å². The quantitative estimate of drug-likeness (QED) is 0.796. The number of amides is 1. The SMILES string of the molecule is COc1ccccc1CNC(=O)CCNc1cccc(C(F)(F)F)c1. The minimum absolute atomic E-state index is 0.144. The van der Waals surface area contributed by atoms with Crippen molar-refractivity contribution < 1.29 is 22.7 Å². The average molecular weight is 352 g/mol.